The van der Waals surface area contributed by atoms with E-state index in [0.29, 0.717) is 17.0 Å². The van der Waals surface area contributed by atoms with E-state index in [9.17, 15) is 14.9 Å². The van der Waals surface area contributed by atoms with Crippen LogP contribution in [0.5, 0.6) is 0 Å². The number of carbonyl (C=O) groups excluding carboxylic acids is 2. The number of pyridine rings is 1. The van der Waals surface area contributed by atoms with Crippen LogP contribution >= 0.6 is 11.6 Å². The first-order chi connectivity index (χ1) is 15.6. The number of morpholine rings is 1. The quantitative estimate of drug-likeness (QED) is 0.671. The van der Waals surface area contributed by atoms with E-state index in [-0.39, 0.29) is 36.3 Å². The maximum atomic E-state index is 12.7. The normalized spacial score (nSPS) is 18.4. The third-order valence-electron chi connectivity index (χ3n) is 4.72. The number of nitrogens with zero attached hydrogens (tertiary/aromatic N) is 5. The summed E-state index contributed by atoms with van der Waals surface area (Å²) in [5.74, 6) is -0.358. The molecular formula is C22H25ClN6O4. The predicted octanol–water partition coefficient (Wildman–Crippen LogP) is 3.14. The molecule has 0 radical (unpaired) electrons. The lowest BCUT2D eigenvalue weighted by atomic mass is 10.0. The molecule has 0 saturated carbocycles. The van der Waals surface area contributed by atoms with Crippen LogP contribution in [-0.2, 0) is 9.47 Å². The van der Waals surface area contributed by atoms with Gasteiger partial charge < -0.3 is 19.7 Å². The maximum absolute atomic E-state index is 12.7. The molecule has 10 nitrogen and oxygen atoms in total. The Morgan fingerprint density at radius 3 is 2.70 bits per heavy atom. The van der Waals surface area contributed by atoms with Crippen LogP contribution in [0.15, 0.2) is 24.5 Å². The number of nitriles is 1. The Labute approximate surface area is 196 Å². The topological polar surface area (TPSA) is 130 Å². The van der Waals surface area contributed by atoms with Gasteiger partial charge in [0.25, 0.3) is 5.91 Å². The number of hydrogen-bond acceptors (Lipinski definition) is 8. The van der Waals surface area contributed by atoms with E-state index in [1.807, 2.05) is 0 Å². The Morgan fingerprint density at radius 2 is 2.03 bits per heavy atom. The molecule has 2 unspecified atom stereocenters. The Balaban J connectivity index is 1.93. The zero-order valence-electron chi connectivity index (χ0n) is 18.8. The summed E-state index contributed by atoms with van der Waals surface area (Å²) in [5, 5.41) is 11.9. The molecule has 0 bridgehead atoms. The number of rotatable bonds is 4. The molecule has 3 rings (SSSR count). The molecule has 1 aliphatic rings. The maximum Gasteiger partial charge on any atom is 0.410 e. The van der Waals surface area contributed by atoms with Gasteiger partial charge in [0.05, 0.1) is 43.1 Å². The average molecular weight is 473 g/mol. The van der Waals surface area contributed by atoms with Crippen molar-refractivity contribution in [3.05, 3.63) is 40.9 Å². The van der Waals surface area contributed by atoms with Crippen LogP contribution in [0.1, 0.15) is 49.3 Å². The third kappa shape index (κ3) is 6.37. The molecule has 11 heteroatoms. The number of halogens is 1. The van der Waals surface area contributed by atoms with Gasteiger partial charge >= 0.3 is 6.09 Å². The lowest BCUT2D eigenvalue weighted by Crippen LogP contribution is -2.48. The molecule has 1 saturated heterocycles. The van der Waals surface area contributed by atoms with Crippen molar-refractivity contribution in [2.24, 2.45) is 0 Å². The van der Waals surface area contributed by atoms with E-state index in [0.717, 1.165) is 0 Å². The van der Waals surface area contributed by atoms with Gasteiger partial charge in [0.1, 0.15) is 28.9 Å². The Bertz CT molecular complexity index is 1080. The van der Waals surface area contributed by atoms with E-state index in [4.69, 9.17) is 21.1 Å². The zero-order valence-corrected chi connectivity index (χ0v) is 19.6. The van der Waals surface area contributed by atoms with Crippen molar-refractivity contribution in [2.45, 2.75) is 45.0 Å². The van der Waals surface area contributed by atoms with Gasteiger partial charge in [0, 0.05) is 7.05 Å². The molecule has 2 amide bonds. The minimum Gasteiger partial charge on any atom is -0.444 e. The van der Waals surface area contributed by atoms with Crippen molar-refractivity contribution in [1.82, 2.24) is 25.2 Å². The fraction of sp³-hybridized carbons (Fsp3) is 0.455. The number of hydrogen-bond donors (Lipinski definition) is 1. The first-order valence-electron chi connectivity index (χ1n) is 10.3. The van der Waals surface area contributed by atoms with Crippen molar-refractivity contribution < 1.29 is 19.1 Å². The molecular weight excluding hydrogens is 448 g/mol. The van der Waals surface area contributed by atoms with Crippen LogP contribution in [0.4, 0.5) is 4.79 Å². The van der Waals surface area contributed by atoms with Crippen molar-refractivity contribution in [1.29, 1.82) is 5.26 Å². The van der Waals surface area contributed by atoms with Gasteiger partial charge in [-0.15, -0.1) is 0 Å². The highest BCUT2D eigenvalue weighted by Crippen LogP contribution is 2.31. The van der Waals surface area contributed by atoms with Gasteiger partial charge in [-0.05, 0) is 44.5 Å². The molecule has 1 aliphatic heterocycles. The van der Waals surface area contributed by atoms with Crippen molar-refractivity contribution in [3.8, 4) is 17.5 Å². The van der Waals surface area contributed by atoms with Gasteiger partial charge in [-0.1, -0.05) is 11.6 Å². The van der Waals surface area contributed by atoms with E-state index in [1.165, 1.54) is 24.3 Å². The lowest BCUT2D eigenvalue weighted by Gasteiger charge is -2.38. The predicted molar refractivity (Wildman–Crippen MR) is 119 cm³/mol. The van der Waals surface area contributed by atoms with Crippen molar-refractivity contribution >= 4 is 23.6 Å². The molecule has 1 fully saturated rings. The highest BCUT2D eigenvalue weighted by Gasteiger charge is 2.34. The van der Waals surface area contributed by atoms with Gasteiger partial charge in [-0.25, -0.2) is 19.7 Å². The molecule has 2 atom stereocenters. The number of amides is 2. The molecule has 0 aromatic carbocycles. The van der Waals surface area contributed by atoms with E-state index >= 15 is 0 Å². The molecule has 2 aromatic heterocycles. The van der Waals surface area contributed by atoms with Crippen LogP contribution in [0.25, 0.3) is 11.4 Å². The zero-order chi connectivity index (χ0) is 24.2. The second kappa shape index (κ2) is 10.1. The average Bonchev–Trinajstić information content (AvgIpc) is 2.77. The molecule has 1 N–H and O–H groups in total. The highest BCUT2D eigenvalue weighted by molar-refractivity contribution is 6.29. The summed E-state index contributed by atoms with van der Waals surface area (Å²) in [4.78, 5) is 38.6. The third-order valence-corrected chi connectivity index (χ3v) is 4.91. The molecule has 0 aliphatic carbocycles. The number of carbonyl (C=O) groups is 2. The Morgan fingerprint density at radius 1 is 1.27 bits per heavy atom. The molecule has 2 aromatic rings. The van der Waals surface area contributed by atoms with E-state index in [2.05, 4.69) is 26.3 Å². The van der Waals surface area contributed by atoms with Crippen LogP contribution in [0.3, 0.4) is 0 Å². The minimum absolute atomic E-state index is 0.114. The second-order valence-corrected chi connectivity index (χ2v) is 8.86. The highest BCUT2D eigenvalue weighted by atomic mass is 35.5. The molecule has 0 spiro atoms. The van der Waals surface area contributed by atoms with Crippen LogP contribution < -0.4 is 5.32 Å². The van der Waals surface area contributed by atoms with Crippen LogP contribution in [0, 0.1) is 11.3 Å². The van der Waals surface area contributed by atoms with Gasteiger partial charge in [0.15, 0.2) is 0 Å². The Hall–Kier alpha value is -3.29. The number of nitrogens with one attached hydrogen (secondary N) is 1. The fourth-order valence-corrected chi connectivity index (χ4v) is 3.51. The number of aromatic nitrogens is 3. The smallest absolute Gasteiger partial charge is 0.410 e. The standard InChI is InChI=1S/C22H25ClN6O4/c1-22(2,3)33-21(31)29-10-14(5-6-24)32-18(11-29)13-7-16(28-19(23)8-13)15-9-17(20(30)25-4)27-12-26-15/h7-9,12,14,18H,5,10-11H2,1-4H3,(H,25,30). The SMILES string of the molecule is CNC(=O)c1cc(-c2cc(C3CN(C(=O)OC(C)(C)C)CC(CC#N)O3)cc(Cl)n2)ncn1. The van der Waals surface area contributed by atoms with Crippen LogP contribution in [0.2, 0.25) is 5.15 Å². The minimum atomic E-state index is -0.655. The first-order valence-corrected chi connectivity index (χ1v) is 10.7. The van der Waals surface area contributed by atoms with E-state index < -0.39 is 23.9 Å². The fourth-order valence-electron chi connectivity index (χ4n) is 3.30. The van der Waals surface area contributed by atoms with Crippen molar-refractivity contribution in [3.63, 3.8) is 0 Å². The summed E-state index contributed by atoms with van der Waals surface area (Å²) in [5.41, 5.74) is 1.00. The van der Waals surface area contributed by atoms with E-state index in [1.54, 1.807) is 32.9 Å². The molecule has 174 valence electrons. The molecule has 3 heterocycles. The van der Waals surface area contributed by atoms with Crippen LogP contribution in [-0.4, -0.2) is 63.7 Å². The number of ether oxygens (including phenoxy) is 2. The second-order valence-electron chi connectivity index (χ2n) is 8.47. The largest absolute Gasteiger partial charge is 0.444 e. The summed E-state index contributed by atoms with van der Waals surface area (Å²) in [6, 6.07) is 6.97. The molecule has 33 heavy (non-hydrogen) atoms. The summed E-state index contributed by atoms with van der Waals surface area (Å²) < 4.78 is 11.6. The van der Waals surface area contributed by atoms with Gasteiger partial charge in [-0.3, -0.25) is 4.79 Å². The summed E-state index contributed by atoms with van der Waals surface area (Å²) in [6.45, 7) is 5.83. The monoisotopic (exact) mass is 472 g/mol. The Kier molecular flexibility index (Phi) is 7.46. The summed E-state index contributed by atoms with van der Waals surface area (Å²) in [6.07, 6.45) is -0.153. The first kappa shape index (κ1) is 24.4. The van der Waals surface area contributed by atoms with Gasteiger partial charge in [0.2, 0.25) is 0 Å². The lowest BCUT2D eigenvalue weighted by molar-refractivity contribution is -0.0868. The summed E-state index contributed by atoms with van der Waals surface area (Å²) in [7, 11) is 1.51. The van der Waals surface area contributed by atoms with Gasteiger partial charge in [-0.2, -0.15) is 5.26 Å². The van der Waals surface area contributed by atoms with Crippen molar-refractivity contribution in [2.75, 3.05) is 20.1 Å². The summed E-state index contributed by atoms with van der Waals surface area (Å²) >= 11 is 6.29.